The molecule has 11 nitrogen and oxygen atoms in total. The van der Waals surface area contributed by atoms with E-state index in [0.717, 1.165) is 156 Å². The van der Waals surface area contributed by atoms with Crippen molar-refractivity contribution in [3.63, 3.8) is 0 Å². The molecule has 0 amide bonds. The minimum atomic E-state index is -4.46. The van der Waals surface area contributed by atoms with Crippen LogP contribution >= 0.6 is 0 Å². The number of hydrogen-bond donors (Lipinski definition) is 3. The van der Waals surface area contributed by atoms with Gasteiger partial charge in [0.15, 0.2) is 0 Å². The number of terminal acetylenes is 1. The molecule has 436 valence electrons. The zero-order valence-corrected chi connectivity index (χ0v) is 52.5. The smallest absolute Gasteiger partial charge is 0.378 e. The van der Waals surface area contributed by atoms with Gasteiger partial charge in [0.05, 0.1) is 18.1 Å². The Morgan fingerprint density at radius 3 is 2.52 bits per heavy atom. The van der Waals surface area contributed by atoms with Gasteiger partial charge in [-0.15, -0.1) is 30.9 Å². The van der Waals surface area contributed by atoms with Crippen LogP contribution in [0.1, 0.15) is 128 Å². The first kappa shape index (κ1) is 61.6. The fraction of sp³-hybridized carbons (Fsp3) is 0.636. The molecule has 0 spiro atoms. The molecule has 7 aliphatic rings. The van der Waals surface area contributed by atoms with Crippen LogP contribution in [0, 0.1) is 41.9 Å². The number of hydrogen-bond acceptors (Lipinski definition) is 10. The molecule has 8 heterocycles. The average Bonchev–Trinajstić information content (AvgIpc) is 4.58. The number of benzene rings is 1. The summed E-state index contributed by atoms with van der Waals surface area (Å²) in [4.78, 5) is 17.6. The SMILES string of the molecule is C#CCCC(C)(C)Cc1c(-c2cc(N3CCN4CCCCC4C3)cnc2[CH-]C)n(CC(F)(F)F)c2ccc(C3=CCCN(CC(NC(=C)C(C(C)C)N(C)CCC4CCN(C(=C)C5NC5C5CC5)C4)C(=C)N4CCCCN4)C3)cc12.[Na+]. The fourth-order valence-corrected chi connectivity index (χ4v) is 14.5. The second-order valence-corrected chi connectivity index (χ2v) is 26.1. The van der Waals surface area contributed by atoms with E-state index in [-0.39, 0.29) is 47.1 Å². The van der Waals surface area contributed by atoms with Crippen LogP contribution in [0.15, 0.2) is 73.4 Å². The number of hydrazine groups is 1. The van der Waals surface area contributed by atoms with Gasteiger partial charge in [0, 0.05) is 124 Å². The largest absolute Gasteiger partial charge is 1.00 e. The molecule has 81 heavy (non-hydrogen) atoms. The first-order valence-electron chi connectivity index (χ1n) is 30.8. The maximum absolute atomic E-state index is 15.1. The van der Waals surface area contributed by atoms with Gasteiger partial charge in [0.2, 0.25) is 0 Å². The maximum atomic E-state index is 15.1. The van der Waals surface area contributed by atoms with Gasteiger partial charge in [-0.25, -0.2) is 11.8 Å². The van der Waals surface area contributed by atoms with E-state index in [2.05, 4.69) is 117 Å². The first-order valence-corrected chi connectivity index (χ1v) is 30.8. The number of alkyl halides is 3. The molecule has 0 radical (unpaired) electrons. The molecule has 6 atom stereocenters. The first-order chi connectivity index (χ1) is 38.4. The van der Waals surface area contributed by atoms with E-state index in [1.54, 1.807) is 4.57 Å². The standard InChI is InChI=1S/C66H95F3N11.Na/c1-11-13-27-65(8,9)38-57-55-36-51(23-24-60(55)79(44-66(67,68)69)64(57)56-37-54(39-70-58(56)12-2)78-35-34-76-30-16-14-20-53(76)42-78)52-19-18-29-75(41-52)43-59(47(6)80-31-17-15-28-71-80)72-46(5)63(45(3)4)74(10)32-25-49-26-33-77(40-49)48(7)61-62(73-61)50-21-22-50;/h1,12,19,23-24,36-37,39,45,49-50,53,59,61-63,71-73H,5-7,13-18,20-22,25-35,38,40-44H2,2-4,8-10H3;/q-1;+1. The summed E-state index contributed by atoms with van der Waals surface area (Å²) in [6.45, 7) is 35.1. The Balaban J connectivity index is 0.00000792. The van der Waals surface area contributed by atoms with E-state index in [9.17, 15) is 0 Å². The summed E-state index contributed by atoms with van der Waals surface area (Å²) in [5.41, 5.74) is 13.4. The third kappa shape index (κ3) is 14.8. The topological polar surface area (TPSA) is 83.3 Å². The molecule has 1 aromatic carbocycles. The Bertz CT molecular complexity index is 2770. The zero-order chi connectivity index (χ0) is 56.5. The summed E-state index contributed by atoms with van der Waals surface area (Å²) in [6.07, 6.45) is 21.3. The van der Waals surface area contributed by atoms with Crippen molar-refractivity contribution < 1.29 is 42.7 Å². The Labute approximate surface area is 506 Å². The number of nitrogens with one attached hydrogen (secondary N) is 3. The number of likely N-dealkylation sites (N-methyl/N-ethyl adjacent to an activating group) is 1. The molecule has 5 saturated heterocycles. The van der Waals surface area contributed by atoms with Gasteiger partial charge in [0.1, 0.15) is 6.54 Å². The third-order valence-corrected chi connectivity index (χ3v) is 19.2. The van der Waals surface area contributed by atoms with Gasteiger partial charge in [-0.05, 0) is 148 Å². The Hall–Kier alpha value is -3.91. The van der Waals surface area contributed by atoms with Crippen LogP contribution in [0.5, 0.6) is 0 Å². The molecule has 3 aromatic rings. The van der Waals surface area contributed by atoms with Crippen molar-refractivity contribution in [1.82, 2.24) is 50.2 Å². The van der Waals surface area contributed by atoms with Gasteiger partial charge < -0.3 is 30.0 Å². The van der Waals surface area contributed by atoms with Crippen molar-refractivity contribution >= 4 is 22.2 Å². The number of piperidine rings is 1. The Morgan fingerprint density at radius 1 is 0.988 bits per heavy atom. The maximum Gasteiger partial charge on any atom is 1.00 e. The van der Waals surface area contributed by atoms with Crippen molar-refractivity contribution in [1.29, 1.82) is 0 Å². The monoisotopic (exact) mass is 1120 g/mol. The predicted molar refractivity (Wildman–Crippen MR) is 324 cm³/mol. The minimum Gasteiger partial charge on any atom is -0.378 e. The molecule has 1 aliphatic carbocycles. The molecule has 10 rings (SSSR count). The Morgan fingerprint density at radius 2 is 1.79 bits per heavy atom. The van der Waals surface area contributed by atoms with E-state index >= 15 is 13.2 Å². The van der Waals surface area contributed by atoms with E-state index in [0.29, 0.717) is 66.3 Å². The number of likely N-dealkylation sites (tertiary alicyclic amines) is 1. The van der Waals surface area contributed by atoms with Gasteiger partial charge in [-0.1, -0.05) is 71.7 Å². The van der Waals surface area contributed by atoms with Crippen LogP contribution < -0.4 is 50.5 Å². The molecule has 6 fully saturated rings. The van der Waals surface area contributed by atoms with Crippen LogP contribution in [0.25, 0.3) is 27.7 Å². The second kappa shape index (κ2) is 26.6. The number of halogens is 3. The Kier molecular flexibility index (Phi) is 20.2. The van der Waals surface area contributed by atoms with Crippen LogP contribution in [0.2, 0.25) is 0 Å². The van der Waals surface area contributed by atoms with E-state index in [1.165, 1.54) is 43.4 Å². The third-order valence-electron chi connectivity index (χ3n) is 19.2. The quantitative estimate of drug-likeness (QED) is 0.0355. The van der Waals surface area contributed by atoms with Crippen molar-refractivity contribution in [3.05, 3.63) is 96.6 Å². The zero-order valence-electron chi connectivity index (χ0n) is 50.5. The summed E-state index contributed by atoms with van der Waals surface area (Å²) in [5, 5.41) is 10.8. The van der Waals surface area contributed by atoms with Crippen molar-refractivity contribution in [2.24, 2.45) is 23.2 Å². The molecule has 1 saturated carbocycles. The van der Waals surface area contributed by atoms with Gasteiger partial charge in [-0.2, -0.15) is 13.2 Å². The van der Waals surface area contributed by atoms with Gasteiger partial charge in [0.25, 0.3) is 0 Å². The van der Waals surface area contributed by atoms with Crippen LogP contribution in [-0.4, -0.2) is 156 Å². The normalized spacial score (nSPS) is 23.7. The summed E-state index contributed by atoms with van der Waals surface area (Å²) >= 11 is 0. The molecular formula is C66H95F3N11Na. The fourth-order valence-electron chi connectivity index (χ4n) is 14.5. The number of rotatable bonds is 24. The van der Waals surface area contributed by atoms with E-state index < -0.39 is 12.7 Å². The van der Waals surface area contributed by atoms with Crippen LogP contribution in [0.4, 0.5) is 18.9 Å². The second-order valence-electron chi connectivity index (χ2n) is 26.1. The number of piperazine rings is 1. The number of fused-ring (bicyclic) bond motifs is 2. The van der Waals surface area contributed by atoms with Crippen molar-refractivity contribution in [2.45, 2.75) is 161 Å². The predicted octanol–water partition coefficient (Wildman–Crippen LogP) is 8.11. The molecule has 0 bridgehead atoms. The van der Waals surface area contributed by atoms with Crippen molar-refractivity contribution in [2.75, 3.05) is 90.5 Å². The molecule has 6 aliphatic heterocycles. The summed E-state index contributed by atoms with van der Waals surface area (Å²) in [6, 6.07) is 9.96. The number of anilines is 1. The summed E-state index contributed by atoms with van der Waals surface area (Å²) < 4.78 is 46.9. The van der Waals surface area contributed by atoms with E-state index in [1.807, 2.05) is 25.6 Å². The number of nitrogens with zero attached hydrogens (tertiary/aromatic N) is 8. The summed E-state index contributed by atoms with van der Waals surface area (Å²) in [7, 11) is 2.27. The van der Waals surface area contributed by atoms with Gasteiger partial charge >= 0.3 is 35.7 Å². The van der Waals surface area contributed by atoms with Crippen molar-refractivity contribution in [3.8, 4) is 23.6 Å². The minimum absolute atomic E-state index is 0. The summed E-state index contributed by atoms with van der Waals surface area (Å²) in [5.74, 6) is 4.69. The molecule has 15 heteroatoms. The molecule has 6 unspecified atom stereocenters. The molecular weight excluding hydrogens is 1030 g/mol. The number of pyridine rings is 1. The number of aromatic nitrogens is 2. The van der Waals surface area contributed by atoms with Crippen LogP contribution in [0.3, 0.4) is 0 Å². The van der Waals surface area contributed by atoms with Crippen LogP contribution in [-0.2, 0) is 13.0 Å². The molecule has 2 aromatic heterocycles. The van der Waals surface area contributed by atoms with Gasteiger partial charge in [-0.3, -0.25) is 19.7 Å². The van der Waals surface area contributed by atoms with E-state index in [4.69, 9.17) is 24.6 Å². The molecule has 3 N–H and O–H groups in total. The average molecular weight is 1120 g/mol.